The van der Waals surface area contributed by atoms with Gasteiger partial charge in [0.05, 0.1) is 11.1 Å². The van der Waals surface area contributed by atoms with Crippen molar-refractivity contribution in [1.29, 1.82) is 0 Å². The zero-order valence-corrected chi connectivity index (χ0v) is 21.9. The summed E-state index contributed by atoms with van der Waals surface area (Å²) in [7, 11) is -4.19. The van der Waals surface area contributed by atoms with Gasteiger partial charge in [0.15, 0.2) is 11.6 Å². The van der Waals surface area contributed by atoms with E-state index in [1.54, 1.807) is 6.07 Å². The van der Waals surface area contributed by atoms with Gasteiger partial charge >= 0.3 is 0 Å². The summed E-state index contributed by atoms with van der Waals surface area (Å²) in [5.41, 5.74) is 4.30. The van der Waals surface area contributed by atoms with Crippen LogP contribution in [0, 0.1) is 0 Å². The van der Waals surface area contributed by atoms with Crippen LogP contribution in [0.2, 0.25) is 39.3 Å². The highest BCUT2D eigenvalue weighted by atomic mass is 28.4. The minimum Gasteiger partial charge on any atom is -0.543 e. The Morgan fingerprint density at radius 1 is 0.656 bits per heavy atom. The molecule has 0 amide bonds. The Balaban J connectivity index is 2.13. The van der Waals surface area contributed by atoms with Crippen LogP contribution in [-0.2, 0) is 15.3 Å². The van der Waals surface area contributed by atoms with E-state index >= 15 is 0 Å². The number of ketones is 2. The van der Waals surface area contributed by atoms with Gasteiger partial charge in [-0.3, -0.25) is 9.59 Å². The Morgan fingerprint density at radius 2 is 1.12 bits per heavy atom. The molecule has 0 unspecified atom stereocenters. The number of carbonyl (C=O) groups excluding carboxylic acids is 2. The van der Waals surface area contributed by atoms with Crippen LogP contribution >= 0.6 is 0 Å². The van der Waals surface area contributed by atoms with Crippen LogP contribution in [0.1, 0.15) is 44.3 Å². The second-order valence-electron chi connectivity index (χ2n) is 10.3. The minimum absolute atomic E-state index is 0.163. The van der Waals surface area contributed by atoms with Gasteiger partial charge in [-0.2, -0.15) is 0 Å². The summed E-state index contributed by atoms with van der Waals surface area (Å²) in [5, 5.41) is 0. The molecule has 4 rings (SSSR count). The number of hydrogen-bond acceptors (Lipinski definition) is 4. The second-order valence-corrected chi connectivity index (χ2v) is 19.1. The maximum Gasteiger partial charge on any atom is 0.242 e. The molecule has 2 aliphatic rings. The number of fused-ring (bicyclic) bond motifs is 3. The van der Waals surface area contributed by atoms with Crippen LogP contribution in [0.25, 0.3) is 11.5 Å². The molecule has 0 radical (unpaired) electrons. The molecule has 0 aromatic heterocycles. The summed E-state index contributed by atoms with van der Waals surface area (Å²) in [6.45, 7) is 14.6. The Labute approximate surface area is 192 Å². The molecular weight excluding hydrogens is 432 g/mol. The zero-order valence-electron chi connectivity index (χ0n) is 19.9. The highest BCUT2D eigenvalue weighted by molar-refractivity contribution is 6.71. The maximum absolute atomic E-state index is 13.9. The van der Waals surface area contributed by atoms with Crippen molar-refractivity contribution in [2.24, 2.45) is 0 Å². The van der Waals surface area contributed by atoms with Crippen molar-refractivity contribution in [1.82, 2.24) is 0 Å². The van der Waals surface area contributed by atoms with Crippen molar-refractivity contribution in [3.8, 4) is 0 Å². The van der Waals surface area contributed by atoms with Crippen molar-refractivity contribution in [3.05, 3.63) is 81.4 Å². The van der Waals surface area contributed by atoms with Gasteiger partial charge < -0.3 is 8.85 Å². The van der Waals surface area contributed by atoms with Crippen LogP contribution in [-0.4, -0.2) is 28.2 Å². The monoisotopic (exact) mass is 462 g/mol. The number of hydrogen-bond donors (Lipinski definition) is 0. The molecule has 0 atom stereocenters. The van der Waals surface area contributed by atoms with Gasteiger partial charge in [0.2, 0.25) is 16.6 Å². The lowest BCUT2D eigenvalue weighted by Gasteiger charge is -2.34. The molecule has 0 aliphatic heterocycles. The van der Waals surface area contributed by atoms with Crippen molar-refractivity contribution in [3.63, 3.8) is 0 Å². The standard InChI is InChI=1S/C26H30O4Si2/c1-8-16-13-14-19-20(15-16)24(28)22-21(26(19)30-32(5,6)7)23(27)17-11-9-10-12-18(17)25(22)29-31(2,3)4/h9-15H,8H2,1-7H3. The van der Waals surface area contributed by atoms with Gasteiger partial charge in [0.1, 0.15) is 11.5 Å². The van der Waals surface area contributed by atoms with E-state index in [9.17, 15) is 9.59 Å². The van der Waals surface area contributed by atoms with Crippen molar-refractivity contribution >= 4 is 39.7 Å². The number of aryl methyl sites for hydroxylation is 1. The van der Waals surface area contributed by atoms with Gasteiger partial charge in [-0.15, -0.1) is 0 Å². The first-order valence-electron chi connectivity index (χ1n) is 11.1. The molecule has 4 nitrogen and oxygen atoms in total. The highest BCUT2D eigenvalue weighted by Gasteiger charge is 2.43. The number of carbonyl (C=O) groups is 2. The third-order valence-corrected chi connectivity index (χ3v) is 7.01. The fourth-order valence-corrected chi connectivity index (χ4v) is 5.75. The lowest BCUT2D eigenvalue weighted by atomic mass is 9.76. The summed E-state index contributed by atoms with van der Waals surface area (Å²) in [4.78, 5) is 27.7. The van der Waals surface area contributed by atoms with E-state index in [1.807, 2.05) is 36.4 Å². The summed E-state index contributed by atoms with van der Waals surface area (Å²) >= 11 is 0. The van der Waals surface area contributed by atoms with E-state index in [1.165, 1.54) is 0 Å². The molecule has 2 aromatic carbocycles. The van der Waals surface area contributed by atoms with Crippen LogP contribution in [0.15, 0.2) is 53.6 Å². The fourth-order valence-electron chi connectivity index (χ4n) is 4.10. The lowest BCUT2D eigenvalue weighted by molar-refractivity contribution is 0.0988. The molecule has 0 fully saturated rings. The molecule has 0 saturated carbocycles. The Hall–Kier alpha value is -2.71. The molecule has 6 heteroatoms. The second kappa shape index (κ2) is 7.71. The van der Waals surface area contributed by atoms with Gasteiger partial charge in [-0.1, -0.05) is 43.3 Å². The predicted octanol–water partition coefficient (Wildman–Crippen LogP) is 6.47. The van der Waals surface area contributed by atoms with Crippen molar-refractivity contribution in [2.45, 2.75) is 52.6 Å². The first kappa shape index (κ1) is 22.5. The molecule has 0 N–H and O–H groups in total. The first-order chi connectivity index (χ1) is 14.9. The summed E-state index contributed by atoms with van der Waals surface area (Å²) in [5.74, 6) is 0.700. The number of benzene rings is 2. The third kappa shape index (κ3) is 3.93. The van der Waals surface area contributed by atoms with Crippen molar-refractivity contribution < 1.29 is 18.4 Å². The van der Waals surface area contributed by atoms with Crippen molar-refractivity contribution in [2.75, 3.05) is 0 Å². The molecule has 0 spiro atoms. The summed E-state index contributed by atoms with van der Waals surface area (Å²) in [6.07, 6.45) is 0.820. The first-order valence-corrected chi connectivity index (χ1v) is 17.9. The van der Waals surface area contributed by atoms with Crippen LogP contribution < -0.4 is 0 Å². The molecule has 0 bridgehead atoms. The van der Waals surface area contributed by atoms with Crippen LogP contribution in [0.5, 0.6) is 0 Å². The Morgan fingerprint density at radius 3 is 1.62 bits per heavy atom. The zero-order chi connectivity index (χ0) is 23.4. The van der Waals surface area contributed by atoms with Gasteiger partial charge in [0, 0.05) is 22.3 Å². The minimum atomic E-state index is -2.10. The molecule has 0 heterocycles. The quantitative estimate of drug-likeness (QED) is 0.478. The molecule has 2 aliphatic carbocycles. The van der Waals surface area contributed by atoms with E-state index in [4.69, 9.17) is 8.85 Å². The average molecular weight is 463 g/mol. The van der Waals surface area contributed by atoms with Gasteiger partial charge in [-0.05, 0) is 57.3 Å². The number of Topliss-reactive ketones (excluding diaryl/α,β-unsaturated/α-hetero) is 2. The van der Waals surface area contributed by atoms with Gasteiger partial charge in [0.25, 0.3) is 0 Å². The predicted molar refractivity (Wildman–Crippen MR) is 134 cm³/mol. The largest absolute Gasteiger partial charge is 0.543 e. The number of rotatable bonds is 5. The maximum atomic E-state index is 13.9. The molecular formula is C26H30O4Si2. The SMILES string of the molecule is CCc1ccc2c(c1)C(=O)C1=C(O[Si](C)(C)C)c3ccccc3C(=O)C1=C2O[Si](C)(C)C. The molecule has 0 saturated heterocycles. The molecule has 166 valence electrons. The third-order valence-electron chi connectivity index (χ3n) is 5.37. The van der Waals surface area contributed by atoms with E-state index < -0.39 is 16.6 Å². The molecule has 2 aromatic rings. The molecule has 32 heavy (non-hydrogen) atoms. The Kier molecular flexibility index (Phi) is 5.42. The number of allylic oxidation sites excluding steroid dienone is 2. The van der Waals surface area contributed by atoms with Crippen LogP contribution in [0.3, 0.4) is 0 Å². The summed E-state index contributed by atoms with van der Waals surface area (Å²) < 4.78 is 13.0. The van der Waals surface area contributed by atoms with Crippen LogP contribution in [0.4, 0.5) is 0 Å². The highest BCUT2D eigenvalue weighted by Crippen LogP contribution is 2.46. The Bertz CT molecular complexity index is 1210. The van der Waals surface area contributed by atoms with E-state index in [0.717, 1.165) is 12.0 Å². The van der Waals surface area contributed by atoms with Gasteiger partial charge in [-0.25, -0.2) is 0 Å². The van der Waals surface area contributed by atoms with E-state index in [2.05, 4.69) is 46.2 Å². The normalized spacial score (nSPS) is 16.0. The van der Waals surface area contributed by atoms with E-state index in [-0.39, 0.29) is 11.6 Å². The fraction of sp³-hybridized carbons (Fsp3) is 0.308. The average Bonchev–Trinajstić information content (AvgIpc) is 2.71. The lowest BCUT2D eigenvalue weighted by Crippen LogP contribution is -2.34. The topological polar surface area (TPSA) is 52.6 Å². The summed E-state index contributed by atoms with van der Waals surface area (Å²) in [6, 6.07) is 13.3. The smallest absolute Gasteiger partial charge is 0.242 e. The van der Waals surface area contributed by atoms with E-state index in [0.29, 0.717) is 44.9 Å².